The van der Waals surface area contributed by atoms with E-state index in [-0.39, 0.29) is 18.5 Å². The third-order valence-corrected chi connectivity index (χ3v) is 5.44. The summed E-state index contributed by atoms with van der Waals surface area (Å²) in [6.45, 7) is 0.763. The molecule has 8 nitrogen and oxygen atoms in total. The Bertz CT molecular complexity index is 1420. The summed E-state index contributed by atoms with van der Waals surface area (Å²) in [6.07, 6.45) is 1.52. The maximum atomic E-state index is 11.3. The minimum absolute atomic E-state index is 0.0158. The number of nitrogens with zero attached hydrogens (tertiary/aromatic N) is 2. The Morgan fingerprint density at radius 1 is 1.03 bits per heavy atom. The van der Waals surface area contributed by atoms with E-state index >= 15 is 0 Å². The first-order valence-electron chi connectivity index (χ1n) is 11.1. The van der Waals surface area contributed by atoms with Gasteiger partial charge in [0, 0.05) is 29.2 Å². The average molecular weight is 466 g/mol. The van der Waals surface area contributed by atoms with Gasteiger partial charge in [0.1, 0.15) is 17.9 Å². The van der Waals surface area contributed by atoms with Crippen molar-refractivity contribution in [3.63, 3.8) is 0 Å². The van der Waals surface area contributed by atoms with Gasteiger partial charge < -0.3 is 20.1 Å². The third-order valence-electron chi connectivity index (χ3n) is 5.44. The number of nitrogens with one attached hydrogen (secondary N) is 3. The molecule has 2 heterocycles. The van der Waals surface area contributed by atoms with Gasteiger partial charge in [-0.3, -0.25) is 10.1 Å². The van der Waals surface area contributed by atoms with E-state index in [0.29, 0.717) is 23.9 Å². The second-order valence-corrected chi connectivity index (χ2v) is 7.87. The molecule has 0 spiro atoms. The van der Waals surface area contributed by atoms with Gasteiger partial charge >= 0.3 is 0 Å². The molecule has 1 amide bonds. The molecule has 1 aliphatic heterocycles. The van der Waals surface area contributed by atoms with Gasteiger partial charge in [-0.25, -0.2) is 9.97 Å². The normalized spacial score (nSPS) is 15.0. The lowest BCUT2D eigenvalue weighted by Crippen LogP contribution is -2.51. The molecule has 0 bridgehead atoms. The summed E-state index contributed by atoms with van der Waals surface area (Å²) < 4.78 is 11.5. The van der Waals surface area contributed by atoms with Crippen molar-refractivity contribution in [2.24, 2.45) is 0 Å². The van der Waals surface area contributed by atoms with Crippen molar-refractivity contribution in [3.8, 4) is 29.1 Å². The van der Waals surface area contributed by atoms with Crippen molar-refractivity contribution in [1.82, 2.24) is 20.6 Å². The van der Waals surface area contributed by atoms with Crippen LogP contribution in [0.5, 0.6) is 17.2 Å². The van der Waals surface area contributed by atoms with Gasteiger partial charge in [-0.1, -0.05) is 30.0 Å². The molecule has 1 fully saturated rings. The zero-order chi connectivity index (χ0) is 24.0. The molecule has 5 rings (SSSR count). The number of benzene rings is 3. The molecule has 1 aliphatic rings. The fraction of sp³-hybridized carbons (Fsp3) is 0.148. The topological polar surface area (TPSA) is 97.4 Å². The minimum Gasteiger partial charge on any atom is -0.493 e. The highest BCUT2D eigenvalue weighted by Gasteiger charge is 2.14. The second kappa shape index (κ2) is 10.1. The monoisotopic (exact) mass is 465 g/mol. The molecule has 3 aromatic carbocycles. The van der Waals surface area contributed by atoms with Crippen LogP contribution >= 0.6 is 0 Å². The number of amides is 1. The van der Waals surface area contributed by atoms with E-state index in [1.807, 2.05) is 66.7 Å². The molecule has 3 N–H and O–H groups in total. The minimum atomic E-state index is -0.0860. The SMILES string of the molecule is COc1cc(Nc2ncnc3ccc(C#CC4CNC(=O)CN4)cc23)ccc1Oc1ccccc1. The molecule has 35 heavy (non-hydrogen) atoms. The fourth-order valence-corrected chi connectivity index (χ4v) is 3.65. The standard InChI is InChI=1S/C27H23N5O3/c1-34-25-14-19(10-12-24(25)35-21-5-3-2-4-6-21)32-27-22-13-18(8-11-23(22)30-17-31-27)7-9-20-15-29-26(33)16-28-20/h2-6,8,10-14,17,20,28H,15-16H2,1H3,(H,29,33)(H,30,31,32). The van der Waals surface area contributed by atoms with Crippen LogP contribution in [0.4, 0.5) is 11.5 Å². The van der Waals surface area contributed by atoms with Gasteiger partial charge in [-0.05, 0) is 42.5 Å². The molecule has 174 valence electrons. The summed E-state index contributed by atoms with van der Waals surface area (Å²) in [4.78, 5) is 20.1. The van der Waals surface area contributed by atoms with Gasteiger partial charge in [0.15, 0.2) is 11.5 Å². The number of carbonyl (C=O) groups excluding carboxylic acids is 1. The quantitative estimate of drug-likeness (QED) is 0.388. The van der Waals surface area contributed by atoms with Crippen molar-refractivity contribution >= 4 is 28.3 Å². The molecule has 0 saturated carbocycles. The molecule has 1 saturated heterocycles. The summed E-state index contributed by atoms with van der Waals surface area (Å²) >= 11 is 0. The molecular formula is C27H23N5O3. The van der Waals surface area contributed by atoms with Crippen LogP contribution < -0.4 is 25.4 Å². The van der Waals surface area contributed by atoms with Crippen molar-refractivity contribution in [1.29, 1.82) is 0 Å². The molecule has 0 radical (unpaired) electrons. The van der Waals surface area contributed by atoms with Gasteiger partial charge in [0.05, 0.1) is 25.2 Å². The van der Waals surface area contributed by atoms with Crippen LogP contribution in [0.1, 0.15) is 5.56 Å². The zero-order valence-electron chi connectivity index (χ0n) is 19.0. The average Bonchev–Trinajstić information content (AvgIpc) is 2.90. The highest BCUT2D eigenvalue weighted by molar-refractivity contribution is 5.91. The van der Waals surface area contributed by atoms with Crippen molar-refractivity contribution in [2.45, 2.75) is 6.04 Å². The Hall–Kier alpha value is -4.61. The van der Waals surface area contributed by atoms with Crippen LogP contribution in [0.2, 0.25) is 0 Å². The Labute approximate surface area is 202 Å². The highest BCUT2D eigenvalue weighted by Crippen LogP contribution is 2.35. The Morgan fingerprint density at radius 2 is 1.91 bits per heavy atom. The number of hydrogen-bond acceptors (Lipinski definition) is 7. The number of aromatic nitrogens is 2. The van der Waals surface area contributed by atoms with Gasteiger partial charge in [-0.15, -0.1) is 0 Å². The maximum Gasteiger partial charge on any atom is 0.234 e. The number of anilines is 2. The zero-order valence-corrected chi connectivity index (χ0v) is 19.0. The lowest BCUT2D eigenvalue weighted by atomic mass is 10.1. The summed E-state index contributed by atoms with van der Waals surface area (Å²) in [5, 5.41) is 10.1. The van der Waals surface area contributed by atoms with Crippen LogP contribution in [-0.2, 0) is 4.79 Å². The number of fused-ring (bicyclic) bond motifs is 1. The summed E-state index contributed by atoms with van der Waals surface area (Å²) in [5.41, 5.74) is 2.42. The maximum absolute atomic E-state index is 11.3. The lowest BCUT2D eigenvalue weighted by molar-refractivity contribution is -0.121. The number of para-hydroxylation sites is 1. The Kier molecular flexibility index (Phi) is 6.42. The molecule has 8 heteroatoms. The van der Waals surface area contributed by atoms with Crippen LogP contribution in [-0.4, -0.2) is 42.1 Å². The fourth-order valence-electron chi connectivity index (χ4n) is 3.65. The third kappa shape index (κ3) is 5.32. The van der Waals surface area contributed by atoms with E-state index in [4.69, 9.17) is 9.47 Å². The predicted octanol–water partition coefficient (Wildman–Crippen LogP) is 3.61. The number of hydrogen-bond donors (Lipinski definition) is 3. The largest absolute Gasteiger partial charge is 0.493 e. The van der Waals surface area contributed by atoms with Crippen LogP contribution in [0.25, 0.3) is 10.9 Å². The first kappa shape index (κ1) is 22.2. The molecule has 4 aromatic rings. The van der Waals surface area contributed by atoms with E-state index in [9.17, 15) is 4.79 Å². The highest BCUT2D eigenvalue weighted by atomic mass is 16.5. The summed E-state index contributed by atoms with van der Waals surface area (Å²) in [6, 6.07) is 20.9. The van der Waals surface area contributed by atoms with Gasteiger partial charge in [0.25, 0.3) is 0 Å². The molecular weight excluding hydrogens is 442 g/mol. The predicted molar refractivity (Wildman–Crippen MR) is 134 cm³/mol. The van der Waals surface area contributed by atoms with E-state index in [2.05, 4.69) is 37.8 Å². The first-order chi connectivity index (χ1) is 17.2. The number of methoxy groups -OCH3 is 1. The van der Waals surface area contributed by atoms with Crippen molar-refractivity contribution in [3.05, 3.63) is 78.6 Å². The molecule has 1 aromatic heterocycles. The van der Waals surface area contributed by atoms with Gasteiger partial charge in [0.2, 0.25) is 5.91 Å². The van der Waals surface area contributed by atoms with E-state index in [0.717, 1.165) is 27.9 Å². The van der Waals surface area contributed by atoms with Crippen LogP contribution in [0.15, 0.2) is 73.1 Å². The summed E-state index contributed by atoms with van der Waals surface area (Å²) in [7, 11) is 1.61. The van der Waals surface area contributed by atoms with Gasteiger partial charge in [-0.2, -0.15) is 0 Å². The second-order valence-electron chi connectivity index (χ2n) is 7.87. The van der Waals surface area contributed by atoms with Crippen molar-refractivity contribution < 1.29 is 14.3 Å². The molecule has 1 unspecified atom stereocenters. The molecule has 0 aliphatic carbocycles. The van der Waals surface area contributed by atoms with Crippen molar-refractivity contribution in [2.75, 3.05) is 25.5 Å². The van der Waals surface area contributed by atoms with Crippen LogP contribution in [0.3, 0.4) is 0 Å². The van der Waals surface area contributed by atoms with E-state index in [1.165, 1.54) is 6.33 Å². The van der Waals surface area contributed by atoms with Crippen LogP contribution in [0, 0.1) is 11.8 Å². The Balaban J connectivity index is 1.39. The molecule has 1 atom stereocenters. The number of rotatable bonds is 5. The number of carbonyl (C=O) groups is 1. The Morgan fingerprint density at radius 3 is 2.71 bits per heavy atom. The number of piperazine rings is 1. The summed E-state index contributed by atoms with van der Waals surface area (Å²) in [5.74, 6) is 8.92. The van der Waals surface area contributed by atoms with E-state index in [1.54, 1.807) is 7.11 Å². The number of ether oxygens (including phenoxy) is 2. The smallest absolute Gasteiger partial charge is 0.234 e. The first-order valence-corrected chi connectivity index (χ1v) is 11.1. The lowest BCUT2D eigenvalue weighted by Gasteiger charge is -2.19. The van der Waals surface area contributed by atoms with E-state index < -0.39 is 0 Å².